The molecule has 1 aromatic carbocycles. The number of benzene rings is 1. The van der Waals surface area contributed by atoms with Crippen LogP contribution in [0.4, 0.5) is 0 Å². The van der Waals surface area contributed by atoms with Crippen LogP contribution >= 0.6 is 15.9 Å². The molecule has 1 aliphatic heterocycles. The van der Waals surface area contributed by atoms with Crippen LogP contribution in [0.5, 0.6) is 0 Å². The van der Waals surface area contributed by atoms with Gasteiger partial charge in [-0.3, -0.25) is 0 Å². The van der Waals surface area contributed by atoms with E-state index in [4.69, 9.17) is 9.31 Å². The van der Waals surface area contributed by atoms with Crippen LogP contribution in [-0.2, 0) is 14.6 Å². The normalized spacial score (nSPS) is 16.5. The van der Waals surface area contributed by atoms with Crippen molar-refractivity contribution in [1.82, 2.24) is 0 Å². The molecule has 0 radical (unpaired) electrons. The van der Waals surface area contributed by atoms with E-state index in [0.717, 1.165) is 10.8 Å². The van der Waals surface area contributed by atoms with Crippen molar-refractivity contribution < 1.29 is 9.31 Å². The van der Waals surface area contributed by atoms with Crippen molar-refractivity contribution in [3.8, 4) is 0 Å². The first-order chi connectivity index (χ1) is 6.42. The Kier molecular flexibility index (Phi) is 3.03. The summed E-state index contributed by atoms with van der Waals surface area (Å²) in [6, 6.07) is 8.16. The Balaban J connectivity index is 2.26. The van der Waals surface area contributed by atoms with Gasteiger partial charge in [0.15, 0.2) is 0 Å². The van der Waals surface area contributed by atoms with E-state index < -0.39 is 0 Å². The van der Waals surface area contributed by atoms with E-state index in [1.165, 1.54) is 5.56 Å². The van der Waals surface area contributed by atoms with Gasteiger partial charge in [0, 0.05) is 5.33 Å². The molecule has 1 fully saturated rings. The van der Waals surface area contributed by atoms with Gasteiger partial charge in [0.2, 0.25) is 0 Å². The molecule has 0 atom stereocenters. The van der Waals surface area contributed by atoms with E-state index in [1.807, 2.05) is 18.2 Å². The molecule has 1 aliphatic rings. The second-order valence-corrected chi connectivity index (χ2v) is 3.47. The van der Waals surface area contributed by atoms with Gasteiger partial charge in [-0.1, -0.05) is 40.2 Å². The van der Waals surface area contributed by atoms with Gasteiger partial charge in [-0.05, 0) is 11.0 Å². The van der Waals surface area contributed by atoms with Crippen molar-refractivity contribution in [2.24, 2.45) is 0 Å². The van der Waals surface area contributed by atoms with Gasteiger partial charge < -0.3 is 9.31 Å². The van der Waals surface area contributed by atoms with Gasteiger partial charge in [-0.25, -0.2) is 0 Å². The summed E-state index contributed by atoms with van der Waals surface area (Å²) in [4.78, 5) is 0. The van der Waals surface area contributed by atoms with Crippen LogP contribution in [0, 0.1) is 0 Å². The van der Waals surface area contributed by atoms with E-state index in [1.54, 1.807) is 0 Å². The molecule has 0 saturated carbocycles. The number of alkyl halides is 1. The van der Waals surface area contributed by atoms with Crippen LogP contribution in [0.2, 0.25) is 0 Å². The fraction of sp³-hybridized carbons (Fsp3) is 0.333. The van der Waals surface area contributed by atoms with E-state index in [-0.39, 0.29) is 7.12 Å². The average Bonchev–Trinajstić information content (AvgIpc) is 2.70. The lowest BCUT2D eigenvalue weighted by Gasteiger charge is -2.08. The maximum atomic E-state index is 5.44. The largest absolute Gasteiger partial charge is 0.494 e. The highest BCUT2D eigenvalue weighted by Crippen LogP contribution is 2.07. The van der Waals surface area contributed by atoms with Crippen LogP contribution in [0.25, 0.3) is 0 Å². The summed E-state index contributed by atoms with van der Waals surface area (Å²) in [6.45, 7) is 1.39. The van der Waals surface area contributed by atoms with Crippen molar-refractivity contribution in [2.75, 3.05) is 13.2 Å². The Bertz CT molecular complexity index is 287. The minimum absolute atomic E-state index is 0.159. The van der Waals surface area contributed by atoms with Crippen molar-refractivity contribution in [3.05, 3.63) is 29.8 Å². The molecule has 68 valence electrons. The van der Waals surface area contributed by atoms with Crippen LogP contribution in [0.3, 0.4) is 0 Å². The molecule has 1 saturated heterocycles. The third-order valence-electron chi connectivity index (χ3n) is 2.07. The van der Waals surface area contributed by atoms with Gasteiger partial charge in [-0.15, -0.1) is 0 Å². The second kappa shape index (κ2) is 4.27. The lowest BCUT2D eigenvalue weighted by atomic mass is 9.77. The summed E-state index contributed by atoms with van der Waals surface area (Å²) in [7, 11) is -0.159. The molecule has 0 aromatic heterocycles. The zero-order valence-electron chi connectivity index (χ0n) is 7.20. The minimum atomic E-state index is -0.159. The third kappa shape index (κ3) is 1.95. The second-order valence-electron chi connectivity index (χ2n) is 2.91. The molecule has 0 amide bonds. The molecule has 0 aliphatic carbocycles. The molecule has 1 aromatic rings. The first kappa shape index (κ1) is 9.25. The molecule has 2 rings (SSSR count). The molecule has 13 heavy (non-hydrogen) atoms. The molecule has 0 unspecified atom stereocenters. The van der Waals surface area contributed by atoms with Crippen LogP contribution in [0.15, 0.2) is 24.3 Å². The van der Waals surface area contributed by atoms with Gasteiger partial charge in [0.1, 0.15) is 0 Å². The van der Waals surface area contributed by atoms with Crippen molar-refractivity contribution >= 4 is 28.5 Å². The summed E-state index contributed by atoms with van der Waals surface area (Å²) >= 11 is 3.44. The molecule has 1 heterocycles. The Hall–Kier alpha value is -0.315. The van der Waals surface area contributed by atoms with E-state index in [9.17, 15) is 0 Å². The van der Waals surface area contributed by atoms with Gasteiger partial charge in [-0.2, -0.15) is 0 Å². The van der Waals surface area contributed by atoms with Crippen LogP contribution < -0.4 is 5.46 Å². The zero-order chi connectivity index (χ0) is 9.10. The SMILES string of the molecule is BrCc1ccccc1B1OCCO1. The standard InChI is InChI=1S/C9H10BBrO2/c11-7-8-3-1-2-4-9(8)10-12-5-6-13-10/h1-4H,5-7H2. The van der Waals surface area contributed by atoms with Gasteiger partial charge >= 0.3 is 7.12 Å². The van der Waals surface area contributed by atoms with E-state index >= 15 is 0 Å². The molecule has 0 spiro atoms. The van der Waals surface area contributed by atoms with Crippen molar-refractivity contribution in [2.45, 2.75) is 5.33 Å². The number of rotatable bonds is 2. The van der Waals surface area contributed by atoms with E-state index in [0.29, 0.717) is 13.2 Å². The monoisotopic (exact) mass is 240 g/mol. The molecule has 4 heteroatoms. The maximum Gasteiger partial charge on any atom is 0.494 e. The molecular weight excluding hydrogens is 231 g/mol. The molecule has 0 N–H and O–H groups in total. The van der Waals surface area contributed by atoms with Crippen molar-refractivity contribution in [3.63, 3.8) is 0 Å². The number of halogens is 1. The fourth-order valence-corrected chi connectivity index (χ4v) is 1.93. The van der Waals surface area contributed by atoms with Crippen molar-refractivity contribution in [1.29, 1.82) is 0 Å². The molecule has 0 bridgehead atoms. The summed E-state index contributed by atoms with van der Waals surface area (Å²) in [5.41, 5.74) is 2.37. The fourth-order valence-electron chi connectivity index (χ4n) is 1.42. The summed E-state index contributed by atoms with van der Waals surface area (Å²) in [6.07, 6.45) is 0. The lowest BCUT2D eigenvalue weighted by Crippen LogP contribution is -2.34. The third-order valence-corrected chi connectivity index (χ3v) is 2.68. The molecule has 2 nitrogen and oxygen atoms in total. The predicted molar refractivity (Wildman–Crippen MR) is 56.4 cm³/mol. The Labute approximate surface area is 86.5 Å². The zero-order valence-corrected chi connectivity index (χ0v) is 8.79. The predicted octanol–water partition coefficient (Wildman–Crippen LogP) is 1.32. The summed E-state index contributed by atoms with van der Waals surface area (Å²) in [5.74, 6) is 0. The van der Waals surface area contributed by atoms with Gasteiger partial charge in [0.05, 0.1) is 13.2 Å². The quantitative estimate of drug-likeness (QED) is 0.574. The number of hydrogen-bond donors (Lipinski definition) is 0. The highest BCUT2D eigenvalue weighted by Gasteiger charge is 2.27. The van der Waals surface area contributed by atoms with Crippen LogP contribution in [0.1, 0.15) is 5.56 Å². The topological polar surface area (TPSA) is 18.5 Å². The smallest absolute Gasteiger partial charge is 0.405 e. The summed E-state index contributed by atoms with van der Waals surface area (Å²) < 4.78 is 10.9. The molecular formula is C9H10BBrO2. The van der Waals surface area contributed by atoms with Gasteiger partial charge in [0.25, 0.3) is 0 Å². The first-order valence-electron chi connectivity index (χ1n) is 4.29. The first-order valence-corrected chi connectivity index (χ1v) is 5.41. The minimum Gasteiger partial charge on any atom is -0.405 e. The maximum absolute atomic E-state index is 5.44. The lowest BCUT2D eigenvalue weighted by molar-refractivity contribution is 0.365. The Morgan fingerprint density at radius 1 is 1.23 bits per heavy atom. The van der Waals surface area contributed by atoms with Crippen LogP contribution in [-0.4, -0.2) is 20.3 Å². The number of hydrogen-bond acceptors (Lipinski definition) is 2. The van der Waals surface area contributed by atoms with E-state index in [2.05, 4.69) is 22.0 Å². The summed E-state index contributed by atoms with van der Waals surface area (Å²) in [5, 5.41) is 0.840. The highest BCUT2D eigenvalue weighted by atomic mass is 79.9. The highest BCUT2D eigenvalue weighted by molar-refractivity contribution is 9.08. The Morgan fingerprint density at radius 2 is 1.92 bits per heavy atom. The Morgan fingerprint density at radius 3 is 2.62 bits per heavy atom. The average molecular weight is 241 g/mol.